The Morgan fingerprint density at radius 3 is 2.57 bits per heavy atom. The Balaban J connectivity index is 2.33. The maximum Gasteiger partial charge on any atom is 0.163 e. The molecule has 0 unspecified atom stereocenters. The molecule has 0 aliphatic carbocycles. The first-order chi connectivity index (χ1) is 10.1. The van der Waals surface area contributed by atoms with Crippen molar-refractivity contribution in [3.05, 3.63) is 58.0 Å². The highest BCUT2D eigenvalue weighted by Gasteiger charge is 2.13. The third-order valence-corrected chi connectivity index (χ3v) is 3.91. The molecule has 3 rings (SSSR count). The van der Waals surface area contributed by atoms with Crippen LogP contribution in [0.25, 0.3) is 22.3 Å². The third kappa shape index (κ3) is 2.59. The van der Waals surface area contributed by atoms with Gasteiger partial charge < -0.3 is 0 Å². The Bertz CT molecular complexity index is 834. The summed E-state index contributed by atoms with van der Waals surface area (Å²) < 4.78 is 13.6. The highest BCUT2D eigenvalue weighted by atomic mass is 35.5. The molecule has 0 spiro atoms. The fourth-order valence-electron chi connectivity index (χ4n) is 2.26. The lowest BCUT2D eigenvalue weighted by Crippen LogP contribution is -1.97. The largest absolute Gasteiger partial charge is 0.228 e. The molecule has 3 aromatic rings. The van der Waals surface area contributed by atoms with Crippen molar-refractivity contribution < 1.29 is 4.39 Å². The molecule has 0 amide bonds. The van der Waals surface area contributed by atoms with Crippen LogP contribution < -0.4 is 0 Å². The van der Waals surface area contributed by atoms with Gasteiger partial charge in [-0.1, -0.05) is 42.3 Å². The van der Waals surface area contributed by atoms with E-state index in [1.807, 2.05) is 25.1 Å². The van der Waals surface area contributed by atoms with Crippen LogP contribution in [-0.2, 0) is 6.42 Å². The first-order valence-electron chi connectivity index (χ1n) is 6.50. The highest BCUT2D eigenvalue weighted by Crippen LogP contribution is 2.31. The van der Waals surface area contributed by atoms with Gasteiger partial charge in [-0.15, -0.1) is 0 Å². The van der Waals surface area contributed by atoms with Crippen LogP contribution in [-0.4, -0.2) is 9.97 Å². The van der Waals surface area contributed by atoms with E-state index in [0.29, 0.717) is 33.7 Å². The summed E-state index contributed by atoms with van der Waals surface area (Å²) in [6.07, 6.45) is 0.656. The number of benzene rings is 2. The third-order valence-electron chi connectivity index (χ3n) is 3.29. The zero-order valence-corrected chi connectivity index (χ0v) is 12.7. The fraction of sp³-hybridized carbons (Fsp3) is 0.125. The number of rotatable bonds is 2. The monoisotopic (exact) mass is 320 g/mol. The van der Waals surface area contributed by atoms with Gasteiger partial charge in [0.2, 0.25) is 0 Å². The quantitative estimate of drug-likeness (QED) is 0.598. The van der Waals surface area contributed by atoms with Gasteiger partial charge in [0.15, 0.2) is 5.82 Å². The minimum absolute atomic E-state index is 0.226. The summed E-state index contributed by atoms with van der Waals surface area (Å²) in [5.41, 5.74) is 2.16. The maximum absolute atomic E-state index is 13.6. The van der Waals surface area contributed by atoms with Gasteiger partial charge in [-0.25, -0.2) is 14.4 Å². The number of hydrogen-bond acceptors (Lipinski definition) is 2. The van der Waals surface area contributed by atoms with Crippen LogP contribution in [0.15, 0.2) is 36.4 Å². The van der Waals surface area contributed by atoms with Crippen molar-refractivity contribution in [3.63, 3.8) is 0 Å². The van der Waals surface area contributed by atoms with Crippen LogP contribution in [0.2, 0.25) is 10.2 Å². The molecule has 0 bridgehead atoms. The van der Waals surface area contributed by atoms with Gasteiger partial charge in [-0.3, -0.25) is 0 Å². The minimum atomic E-state index is -0.338. The summed E-state index contributed by atoms with van der Waals surface area (Å²) in [5.74, 6) is 0.106. The molecule has 2 nitrogen and oxygen atoms in total. The predicted octanol–water partition coefficient (Wildman–Crippen LogP) is 5.31. The molecule has 1 aromatic heterocycles. The lowest BCUT2D eigenvalue weighted by atomic mass is 10.1. The van der Waals surface area contributed by atoms with Gasteiger partial charge in [-0.2, -0.15) is 0 Å². The van der Waals surface area contributed by atoms with Gasteiger partial charge in [0.25, 0.3) is 0 Å². The molecule has 0 atom stereocenters. The molecule has 21 heavy (non-hydrogen) atoms. The standard InChI is InChI=1S/C16H11Cl2FN2/c1-2-9-7-10(19)8-12-14(9)20-16(21-15(12)18)11-5-3-4-6-13(11)17/h3-8H,2H2,1H3. The van der Waals surface area contributed by atoms with E-state index in [0.717, 1.165) is 5.56 Å². The van der Waals surface area contributed by atoms with E-state index < -0.39 is 0 Å². The van der Waals surface area contributed by atoms with E-state index in [9.17, 15) is 4.39 Å². The molecule has 0 fully saturated rings. The van der Waals surface area contributed by atoms with E-state index >= 15 is 0 Å². The lowest BCUT2D eigenvalue weighted by Gasteiger charge is -2.09. The normalized spacial score (nSPS) is 11.0. The van der Waals surface area contributed by atoms with Crippen LogP contribution in [0.5, 0.6) is 0 Å². The zero-order valence-electron chi connectivity index (χ0n) is 11.2. The molecule has 0 aliphatic heterocycles. The number of aryl methyl sites for hydroxylation is 1. The van der Waals surface area contributed by atoms with Crippen molar-refractivity contribution in [2.24, 2.45) is 0 Å². The van der Waals surface area contributed by atoms with Crippen molar-refractivity contribution in [2.45, 2.75) is 13.3 Å². The highest BCUT2D eigenvalue weighted by molar-refractivity contribution is 6.35. The Hall–Kier alpha value is -1.71. The Kier molecular flexibility index (Phi) is 3.79. The molecule has 0 saturated carbocycles. The molecule has 0 aliphatic rings. The Morgan fingerprint density at radius 1 is 1.10 bits per heavy atom. The summed E-state index contributed by atoms with van der Waals surface area (Å²) in [6, 6.07) is 10.1. The zero-order chi connectivity index (χ0) is 15.0. The van der Waals surface area contributed by atoms with Crippen LogP contribution in [0.4, 0.5) is 4.39 Å². The molecule has 2 aromatic carbocycles. The second kappa shape index (κ2) is 5.58. The number of hydrogen-bond donors (Lipinski definition) is 0. The molecule has 0 saturated heterocycles. The Labute approximate surface area is 131 Å². The van der Waals surface area contributed by atoms with Gasteiger partial charge in [0, 0.05) is 10.9 Å². The Morgan fingerprint density at radius 2 is 1.86 bits per heavy atom. The smallest absolute Gasteiger partial charge is 0.163 e. The van der Waals surface area contributed by atoms with Crippen molar-refractivity contribution >= 4 is 34.1 Å². The van der Waals surface area contributed by atoms with Crippen molar-refractivity contribution in [1.82, 2.24) is 9.97 Å². The van der Waals surface area contributed by atoms with E-state index in [1.54, 1.807) is 6.07 Å². The van der Waals surface area contributed by atoms with Gasteiger partial charge in [0.1, 0.15) is 11.0 Å². The van der Waals surface area contributed by atoms with Gasteiger partial charge >= 0.3 is 0 Å². The van der Waals surface area contributed by atoms with Crippen LogP contribution in [0, 0.1) is 5.82 Å². The number of fused-ring (bicyclic) bond motifs is 1. The lowest BCUT2D eigenvalue weighted by molar-refractivity contribution is 0.627. The predicted molar refractivity (Wildman–Crippen MR) is 84.3 cm³/mol. The van der Waals surface area contributed by atoms with Gasteiger partial charge in [-0.05, 0) is 36.2 Å². The summed E-state index contributed by atoms with van der Waals surface area (Å²) in [4.78, 5) is 8.78. The van der Waals surface area contributed by atoms with E-state index in [1.165, 1.54) is 12.1 Å². The summed E-state index contributed by atoms with van der Waals surface area (Å²) in [7, 11) is 0. The summed E-state index contributed by atoms with van der Waals surface area (Å²) >= 11 is 12.4. The second-order valence-electron chi connectivity index (χ2n) is 4.63. The average Bonchev–Trinajstić information content (AvgIpc) is 2.47. The SMILES string of the molecule is CCc1cc(F)cc2c(Cl)nc(-c3ccccc3Cl)nc12. The molecule has 5 heteroatoms. The van der Waals surface area contributed by atoms with Crippen LogP contribution in [0.3, 0.4) is 0 Å². The van der Waals surface area contributed by atoms with Crippen LogP contribution >= 0.6 is 23.2 Å². The number of halogens is 3. The maximum atomic E-state index is 13.6. The van der Waals surface area contributed by atoms with Gasteiger partial charge in [0.05, 0.1) is 10.5 Å². The summed E-state index contributed by atoms with van der Waals surface area (Å²) in [5, 5.41) is 1.29. The molecule has 0 N–H and O–H groups in total. The fourth-order valence-corrected chi connectivity index (χ4v) is 2.71. The second-order valence-corrected chi connectivity index (χ2v) is 5.40. The minimum Gasteiger partial charge on any atom is -0.228 e. The first kappa shape index (κ1) is 14.2. The first-order valence-corrected chi connectivity index (χ1v) is 7.26. The van der Waals surface area contributed by atoms with E-state index in [4.69, 9.17) is 23.2 Å². The number of aromatic nitrogens is 2. The van der Waals surface area contributed by atoms with Crippen molar-refractivity contribution in [3.8, 4) is 11.4 Å². The molecule has 1 heterocycles. The van der Waals surface area contributed by atoms with E-state index in [-0.39, 0.29) is 11.0 Å². The molecular weight excluding hydrogens is 310 g/mol. The molecule has 106 valence electrons. The van der Waals surface area contributed by atoms with E-state index in [2.05, 4.69) is 9.97 Å². The topological polar surface area (TPSA) is 25.8 Å². The molecule has 0 radical (unpaired) electrons. The number of nitrogens with zero attached hydrogens (tertiary/aromatic N) is 2. The summed E-state index contributed by atoms with van der Waals surface area (Å²) in [6.45, 7) is 1.94. The van der Waals surface area contributed by atoms with Crippen molar-refractivity contribution in [2.75, 3.05) is 0 Å². The average molecular weight is 321 g/mol. The molecular formula is C16H11Cl2FN2. The van der Waals surface area contributed by atoms with Crippen LogP contribution in [0.1, 0.15) is 12.5 Å². The van der Waals surface area contributed by atoms with Crippen molar-refractivity contribution in [1.29, 1.82) is 0 Å².